The topological polar surface area (TPSA) is 76.1 Å². The highest BCUT2D eigenvalue weighted by molar-refractivity contribution is 6.09. The second kappa shape index (κ2) is 8.60. The first-order valence-electron chi connectivity index (χ1n) is 11.1. The summed E-state index contributed by atoms with van der Waals surface area (Å²) in [7, 11) is 0. The molecule has 0 atom stereocenters. The first-order chi connectivity index (χ1) is 16.1. The van der Waals surface area contributed by atoms with Crippen LogP contribution in [0.3, 0.4) is 0 Å². The summed E-state index contributed by atoms with van der Waals surface area (Å²) in [6, 6.07) is 25.7. The molecule has 3 aromatic carbocycles. The van der Waals surface area contributed by atoms with Crippen molar-refractivity contribution < 1.29 is 14.7 Å². The van der Waals surface area contributed by atoms with E-state index < -0.39 is 11.6 Å². The average molecular weight is 443 g/mol. The summed E-state index contributed by atoms with van der Waals surface area (Å²) in [5.74, 6) is -0.0106. The molecule has 0 radical (unpaired) electrons. The fraction of sp³-hybridized carbons (Fsp3) is 0.231. The van der Waals surface area contributed by atoms with Gasteiger partial charge >= 0.3 is 6.03 Å². The third kappa shape index (κ3) is 3.70. The quantitative estimate of drug-likeness (QED) is 0.595. The van der Waals surface area contributed by atoms with E-state index in [0.717, 1.165) is 16.8 Å². The molecule has 0 spiro atoms. The van der Waals surface area contributed by atoms with Gasteiger partial charge in [-0.2, -0.15) is 0 Å². The Morgan fingerprint density at radius 3 is 1.88 bits per heavy atom. The molecule has 168 valence electrons. The second-order valence-electron chi connectivity index (χ2n) is 8.38. The van der Waals surface area contributed by atoms with Crippen LogP contribution in [0.1, 0.15) is 11.1 Å². The van der Waals surface area contributed by atoms with Crippen molar-refractivity contribution in [2.75, 3.05) is 37.7 Å². The van der Waals surface area contributed by atoms with E-state index in [9.17, 15) is 14.7 Å². The summed E-state index contributed by atoms with van der Waals surface area (Å²) in [4.78, 5) is 32.4. The number of carbonyl (C=O) groups excluding carboxylic acids is 2. The molecule has 7 nitrogen and oxygen atoms in total. The Morgan fingerprint density at radius 1 is 0.758 bits per heavy atom. The van der Waals surface area contributed by atoms with Crippen LogP contribution in [0.5, 0.6) is 5.75 Å². The number of benzene rings is 3. The number of nitrogens with one attached hydrogen (secondary N) is 1. The van der Waals surface area contributed by atoms with Gasteiger partial charge in [-0.15, -0.1) is 0 Å². The number of hydrogen-bond donors (Lipinski definition) is 2. The van der Waals surface area contributed by atoms with Gasteiger partial charge in [0.05, 0.1) is 12.4 Å². The minimum Gasteiger partial charge on any atom is -0.506 e. The largest absolute Gasteiger partial charge is 0.506 e. The highest BCUT2D eigenvalue weighted by atomic mass is 16.3. The molecule has 3 amide bonds. The molecule has 0 saturated carbocycles. The molecule has 2 saturated heterocycles. The Balaban J connectivity index is 1.36. The number of nitrogens with zero attached hydrogens (tertiary/aromatic N) is 3. The molecule has 2 fully saturated rings. The van der Waals surface area contributed by atoms with Crippen LogP contribution in [0, 0.1) is 0 Å². The number of piperazine rings is 1. The average Bonchev–Trinajstić information content (AvgIpc) is 3.12. The van der Waals surface area contributed by atoms with Gasteiger partial charge in [0.1, 0.15) is 5.75 Å². The fourth-order valence-corrected chi connectivity index (χ4v) is 4.70. The van der Waals surface area contributed by atoms with Crippen molar-refractivity contribution in [3.8, 4) is 5.75 Å². The Hall–Kier alpha value is -3.84. The summed E-state index contributed by atoms with van der Waals surface area (Å²) in [5, 5.41) is 13.1. The Morgan fingerprint density at radius 2 is 1.30 bits per heavy atom. The van der Waals surface area contributed by atoms with E-state index in [0.29, 0.717) is 26.2 Å². The van der Waals surface area contributed by atoms with Crippen LogP contribution >= 0.6 is 0 Å². The third-order valence-electron chi connectivity index (χ3n) is 6.46. The Bertz CT molecular complexity index is 1100. The first kappa shape index (κ1) is 21.0. The zero-order valence-corrected chi connectivity index (χ0v) is 18.2. The first-order valence-corrected chi connectivity index (χ1v) is 11.1. The summed E-state index contributed by atoms with van der Waals surface area (Å²) < 4.78 is 0. The minimum atomic E-state index is -1.24. The lowest BCUT2D eigenvalue weighted by Crippen LogP contribution is -2.52. The zero-order valence-electron chi connectivity index (χ0n) is 18.2. The van der Waals surface area contributed by atoms with Crippen molar-refractivity contribution >= 4 is 17.6 Å². The highest BCUT2D eigenvalue weighted by Crippen LogP contribution is 2.36. The molecule has 0 unspecified atom stereocenters. The summed E-state index contributed by atoms with van der Waals surface area (Å²) in [6.45, 7) is 2.97. The summed E-state index contributed by atoms with van der Waals surface area (Å²) in [6.07, 6.45) is 0. The highest BCUT2D eigenvalue weighted by Gasteiger charge is 2.53. The molecule has 3 aromatic rings. The van der Waals surface area contributed by atoms with Crippen LogP contribution in [0.2, 0.25) is 0 Å². The van der Waals surface area contributed by atoms with E-state index in [1.807, 2.05) is 72.8 Å². The standard InChI is InChI=1S/C26H26N4O3/c31-23-14-8-7-13-22(23)29-17-15-28(16-18-29)19-30-24(32)26(27-25(30)33,20-9-3-1-4-10-20)21-11-5-2-6-12-21/h1-14,31H,15-19H2,(H,27,33). The number of phenolic OH excluding ortho intramolecular Hbond substituents is 1. The van der Waals surface area contributed by atoms with E-state index in [2.05, 4.69) is 15.1 Å². The number of carbonyl (C=O) groups is 2. The lowest BCUT2D eigenvalue weighted by atomic mass is 9.83. The van der Waals surface area contributed by atoms with E-state index in [-0.39, 0.29) is 18.3 Å². The molecule has 2 heterocycles. The van der Waals surface area contributed by atoms with Crippen LogP contribution in [0.4, 0.5) is 10.5 Å². The van der Waals surface area contributed by atoms with Gasteiger partial charge in [-0.1, -0.05) is 72.8 Å². The number of imide groups is 1. The molecule has 0 aromatic heterocycles. The van der Waals surface area contributed by atoms with Gasteiger partial charge in [-0.3, -0.25) is 9.69 Å². The SMILES string of the molecule is O=C1NC(c2ccccc2)(c2ccccc2)C(=O)N1CN1CCN(c2ccccc2O)CC1. The van der Waals surface area contributed by atoms with Crippen molar-refractivity contribution in [2.24, 2.45) is 0 Å². The second-order valence-corrected chi connectivity index (χ2v) is 8.38. The van der Waals surface area contributed by atoms with Gasteiger partial charge in [0.25, 0.3) is 5.91 Å². The molecule has 5 rings (SSSR count). The smallest absolute Gasteiger partial charge is 0.326 e. The number of anilines is 1. The maximum absolute atomic E-state index is 13.8. The number of hydrogen-bond acceptors (Lipinski definition) is 5. The molecule has 2 aliphatic heterocycles. The van der Waals surface area contributed by atoms with E-state index in [1.165, 1.54) is 4.90 Å². The Labute approximate surface area is 192 Å². The van der Waals surface area contributed by atoms with E-state index in [1.54, 1.807) is 12.1 Å². The maximum atomic E-state index is 13.8. The maximum Gasteiger partial charge on any atom is 0.326 e. The monoisotopic (exact) mass is 442 g/mol. The number of phenols is 1. The Kier molecular flexibility index (Phi) is 5.48. The lowest BCUT2D eigenvalue weighted by molar-refractivity contribution is -0.131. The number of aromatic hydroxyl groups is 1. The molecule has 7 heteroatoms. The zero-order chi connectivity index (χ0) is 22.8. The summed E-state index contributed by atoms with van der Waals surface area (Å²) in [5.41, 5.74) is 1.04. The van der Waals surface area contributed by atoms with Gasteiger partial charge in [-0.05, 0) is 23.3 Å². The predicted molar refractivity (Wildman–Crippen MR) is 126 cm³/mol. The van der Waals surface area contributed by atoms with Gasteiger partial charge in [-0.25, -0.2) is 9.69 Å². The van der Waals surface area contributed by atoms with Crippen LogP contribution in [-0.2, 0) is 10.3 Å². The molecule has 0 bridgehead atoms. The van der Waals surface area contributed by atoms with Gasteiger partial charge in [0.2, 0.25) is 0 Å². The van der Waals surface area contributed by atoms with Gasteiger partial charge in [0.15, 0.2) is 5.54 Å². The van der Waals surface area contributed by atoms with Gasteiger partial charge < -0.3 is 15.3 Å². The molecule has 33 heavy (non-hydrogen) atoms. The van der Waals surface area contributed by atoms with E-state index >= 15 is 0 Å². The van der Waals surface area contributed by atoms with Crippen molar-refractivity contribution in [3.63, 3.8) is 0 Å². The van der Waals surface area contributed by atoms with Crippen LogP contribution in [0.15, 0.2) is 84.9 Å². The van der Waals surface area contributed by atoms with Crippen LogP contribution in [-0.4, -0.2) is 59.7 Å². The molecule has 2 N–H and O–H groups in total. The lowest BCUT2D eigenvalue weighted by Gasteiger charge is -2.37. The summed E-state index contributed by atoms with van der Waals surface area (Å²) >= 11 is 0. The normalized spacial score (nSPS) is 18.4. The number of urea groups is 1. The van der Waals surface area contributed by atoms with Crippen LogP contribution in [0.25, 0.3) is 0 Å². The van der Waals surface area contributed by atoms with Crippen molar-refractivity contribution in [1.82, 2.24) is 15.1 Å². The molecular weight excluding hydrogens is 416 g/mol. The van der Waals surface area contributed by atoms with Crippen LogP contribution < -0.4 is 10.2 Å². The number of rotatable bonds is 5. The molecule has 2 aliphatic rings. The van der Waals surface area contributed by atoms with Crippen molar-refractivity contribution in [2.45, 2.75) is 5.54 Å². The van der Waals surface area contributed by atoms with E-state index in [4.69, 9.17) is 0 Å². The van der Waals surface area contributed by atoms with Crippen molar-refractivity contribution in [1.29, 1.82) is 0 Å². The minimum absolute atomic E-state index is 0.223. The number of amides is 3. The van der Waals surface area contributed by atoms with Crippen molar-refractivity contribution in [3.05, 3.63) is 96.1 Å². The molecule has 0 aliphatic carbocycles. The fourth-order valence-electron chi connectivity index (χ4n) is 4.70. The third-order valence-corrected chi connectivity index (χ3v) is 6.46. The van der Waals surface area contributed by atoms with Gasteiger partial charge in [0, 0.05) is 26.2 Å². The number of para-hydroxylation sites is 2. The molecular formula is C26H26N4O3. The predicted octanol–water partition coefficient (Wildman–Crippen LogP) is 2.97.